The molecule has 10 nitrogen and oxygen atoms in total. The summed E-state index contributed by atoms with van der Waals surface area (Å²) in [5, 5.41) is 11.7. The molecule has 2 rings (SSSR count). The number of para-hydroxylation sites is 1. The van der Waals surface area contributed by atoms with Crippen LogP contribution in [0.1, 0.15) is 15.9 Å². The van der Waals surface area contributed by atoms with Crippen LogP contribution in [0.15, 0.2) is 30.3 Å². The van der Waals surface area contributed by atoms with Gasteiger partial charge in [0.05, 0.1) is 38.9 Å². The van der Waals surface area contributed by atoms with Crippen molar-refractivity contribution in [1.29, 1.82) is 0 Å². The molecule has 0 atom stereocenters. The molecule has 31 heavy (non-hydrogen) atoms. The predicted molar refractivity (Wildman–Crippen MR) is 112 cm³/mol. The monoisotopic (exact) mass is 434 g/mol. The van der Waals surface area contributed by atoms with Gasteiger partial charge in [0.25, 0.3) is 11.6 Å². The number of rotatable bonds is 11. The van der Waals surface area contributed by atoms with E-state index in [0.29, 0.717) is 23.7 Å². The van der Waals surface area contributed by atoms with E-state index in [1.165, 1.54) is 45.5 Å². The van der Waals surface area contributed by atoms with Crippen molar-refractivity contribution >= 4 is 11.6 Å². The summed E-state index contributed by atoms with van der Waals surface area (Å²) in [5.41, 5.74) is 0.180. The standard InChI is InChI=1S/C21H26N2O8/c1-22(13-14-7-6-8-17(28-3)20(14)30-5)21(24)15-11-18(29-4)19(31-10-9-27-2)12-16(15)23(25)26/h6-8,11-12H,9-10,13H2,1-5H3. The Morgan fingerprint density at radius 2 is 1.71 bits per heavy atom. The first-order valence-corrected chi connectivity index (χ1v) is 9.31. The largest absolute Gasteiger partial charge is 0.493 e. The Bertz CT molecular complexity index is 932. The number of amides is 1. The van der Waals surface area contributed by atoms with Crippen LogP contribution < -0.4 is 18.9 Å². The molecule has 0 heterocycles. The second kappa shape index (κ2) is 11.0. The fourth-order valence-corrected chi connectivity index (χ4v) is 2.99. The minimum Gasteiger partial charge on any atom is -0.493 e. The van der Waals surface area contributed by atoms with E-state index in [1.54, 1.807) is 25.2 Å². The number of methoxy groups -OCH3 is 4. The molecular weight excluding hydrogens is 408 g/mol. The Hall–Kier alpha value is -3.53. The van der Waals surface area contributed by atoms with E-state index in [9.17, 15) is 14.9 Å². The molecule has 0 saturated heterocycles. The Labute approximate surface area is 180 Å². The molecule has 0 aliphatic rings. The molecule has 10 heteroatoms. The van der Waals surface area contributed by atoms with Crippen LogP contribution in [0, 0.1) is 10.1 Å². The van der Waals surface area contributed by atoms with Crippen molar-refractivity contribution < 1.29 is 33.4 Å². The number of benzene rings is 2. The first kappa shape index (κ1) is 23.7. The van der Waals surface area contributed by atoms with Crippen molar-refractivity contribution in [3.8, 4) is 23.0 Å². The maximum atomic E-state index is 13.1. The second-order valence-electron chi connectivity index (χ2n) is 6.43. The van der Waals surface area contributed by atoms with Gasteiger partial charge in [-0.15, -0.1) is 0 Å². The van der Waals surface area contributed by atoms with Crippen LogP contribution in [0.25, 0.3) is 0 Å². The fourth-order valence-electron chi connectivity index (χ4n) is 2.99. The summed E-state index contributed by atoms with van der Waals surface area (Å²) in [5.74, 6) is 0.806. The summed E-state index contributed by atoms with van der Waals surface area (Å²) in [6, 6.07) is 7.78. The number of nitro groups is 1. The predicted octanol–water partition coefficient (Wildman–Crippen LogP) is 2.92. The molecule has 2 aromatic rings. The first-order chi connectivity index (χ1) is 14.9. The minimum absolute atomic E-state index is 0.120. The molecule has 0 aromatic heterocycles. The van der Waals surface area contributed by atoms with Crippen molar-refractivity contribution in [3.63, 3.8) is 0 Å². The van der Waals surface area contributed by atoms with E-state index in [-0.39, 0.29) is 35.9 Å². The molecule has 2 aromatic carbocycles. The van der Waals surface area contributed by atoms with E-state index in [0.717, 1.165) is 0 Å². The highest BCUT2D eigenvalue weighted by atomic mass is 16.6. The van der Waals surface area contributed by atoms with Crippen molar-refractivity contribution in [1.82, 2.24) is 4.90 Å². The molecule has 0 spiro atoms. The number of carbonyl (C=O) groups excluding carboxylic acids is 1. The molecule has 0 fully saturated rings. The number of nitro benzene ring substituents is 1. The quantitative estimate of drug-likeness (QED) is 0.302. The third-order valence-corrected chi connectivity index (χ3v) is 4.49. The molecule has 0 radical (unpaired) electrons. The van der Waals surface area contributed by atoms with Crippen molar-refractivity contribution in [2.24, 2.45) is 0 Å². The summed E-state index contributed by atoms with van der Waals surface area (Å²) in [6.45, 7) is 0.611. The molecule has 168 valence electrons. The SMILES string of the molecule is COCCOc1cc([N+](=O)[O-])c(C(=O)N(C)Cc2cccc(OC)c2OC)cc1OC. The van der Waals surface area contributed by atoms with Gasteiger partial charge in [0.1, 0.15) is 12.2 Å². The smallest absolute Gasteiger partial charge is 0.286 e. The van der Waals surface area contributed by atoms with Crippen molar-refractivity contribution in [3.05, 3.63) is 51.6 Å². The molecular formula is C21H26N2O8. The van der Waals surface area contributed by atoms with Gasteiger partial charge in [-0.05, 0) is 6.07 Å². The summed E-state index contributed by atoms with van der Waals surface area (Å²) < 4.78 is 26.4. The second-order valence-corrected chi connectivity index (χ2v) is 6.43. The molecule has 0 aliphatic carbocycles. The Balaban J connectivity index is 2.38. The third kappa shape index (κ3) is 5.54. The van der Waals surface area contributed by atoms with Crippen LogP contribution >= 0.6 is 0 Å². The van der Waals surface area contributed by atoms with Crippen LogP contribution in [0.3, 0.4) is 0 Å². The third-order valence-electron chi connectivity index (χ3n) is 4.49. The molecule has 0 aliphatic heterocycles. The topological polar surface area (TPSA) is 110 Å². The molecule has 0 bridgehead atoms. The number of ether oxygens (including phenoxy) is 5. The van der Waals surface area contributed by atoms with Gasteiger partial charge in [0, 0.05) is 32.3 Å². The van der Waals surface area contributed by atoms with Gasteiger partial charge < -0.3 is 28.6 Å². The van der Waals surface area contributed by atoms with Gasteiger partial charge >= 0.3 is 0 Å². The summed E-state index contributed by atoms with van der Waals surface area (Å²) in [6.07, 6.45) is 0. The van der Waals surface area contributed by atoms with Crippen LogP contribution in [0.4, 0.5) is 5.69 Å². The van der Waals surface area contributed by atoms with Gasteiger partial charge in [-0.3, -0.25) is 14.9 Å². The van der Waals surface area contributed by atoms with Crippen LogP contribution in [-0.4, -0.2) is 64.4 Å². The maximum absolute atomic E-state index is 13.1. The molecule has 0 unspecified atom stereocenters. The van der Waals surface area contributed by atoms with Gasteiger partial charge in [-0.2, -0.15) is 0 Å². The number of nitrogens with zero attached hydrogens (tertiary/aromatic N) is 2. The van der Waals surface area contributed by atoms with Gasteiger partial charge in [-0.1, -0.05) is 12.1 Å². The average Bonchev–Trinajstić information content (AvgIpc) is 2.77. The van der Waals surface area contributed by atoms with E-state index in [2.05, 4.69) is 0 Å². The highest BCUT2D eigenvalue weighted by molar-refractivity contribution is 5.99. The highest BCUT2D eigenvalue weighted by Crippen LogP contribution is 2.36. The Kier molecular flexibility index (Phi) is 8.44. The molecule has 0 N–H and O–H groups in total. The van der Waals surface area contributed by atoms with Gasteiger partial charge in [0.15, 0.2) is 23.0 Å². The normalized spacial score (nSPS) is 10.4. The summed E-state index contributed by atoms with van der Waals surface area (Å²) in [4.78, 5) is 25.5. The summed E-state index contributed by atoms with van der Waals surface area (Å²) >= 11 is 0. The fraction of sp³-hybridized carbons (Fsp3) is 0.381. The number of hydrogen-bond acceptors (Lipinski definition) is 8. The highest BCUT2D eigenvalue weighted by Gasteiger charge is 2.27. The zero-order chi connectivity index (χ0) is 23.0. The van der Waals surface area contributed by atoms with E-state index in [1.807, 2.05) is 0 Å². The van der Waals surface area contributed by atoms with Crippen molar-refractivity contribution in [2.75, 3.05) is 48.7 Å². The number of carbonyl (C=O) groups is 1. The Morgan fingerprint density at radius 1 is 1.00 bits per heavy atom. The minimum atomic E-state index is -0.629. The van der Waals surface area contributed by atoms with Gasteiger partial charge in [-0.25, -0.2) is 0 Å². The van der Waals surface area contributed by atoms with Crippen molar-refractivity contribution in [2.45, 2.75) is 6.54 Å². The Morgan fingerprint density at radius 3 is 2.29 bits per heavy atom. The van der Waals surface area contributed by atoms with Crippen LogP contribution in [0.2, 0.25) is 0 Å². The van der Waals surface area contributed by atoms with E-state index >= 15 is 0 Å². The first-order valence-electron chi connectivity index (χ1n) is 9.31. The lowest BCUT2D eigenvalue weighted by Crippen LogP contribution is -2.27. The lowest BCUT2D eigenvalue weighted by Gasteiger charge is -2.20. The average molecular weight is 434 g/mol. The number of hydrogen-bond donors (Lipinski definition) is 0. The van der Waals surface area contributed by atoms with Gasteiger partial charge in [0.2, 0.25) is 0 Å². The van der Waals surface area contributed by atoms with Crippen LogP contribution in [-0.2, 0) is 11.3 Å². The van der Waals surface area contributed by atoms with E-state index in [4.69, 9.17) is 23.7 Å². The zero-order valence-electron chi connectivity index (χ0n) is 18.2. The summed E-state index contributed by atoms with van der Waals surface area (Å²) in [7, 11) is 7.46. The maximum Gasteiger partial charge on any atom is 0.286 e. The lowest BCUT2D eigenvalue weighted by atomic mass is 10.1. The molecule has 1 amide bonds. The van der Waals surface area contributed by atoms with Crippen LogP contribution in [0.5, 0.6) is 23.0 Å². The lowest BCUT2D eigenvalue weighted by molar-refractivity contribution is -0.385. The van der Waals surface area contributed by atoms with E-state index < -0.39 is 10.8 Å². The zero-order valence-corrected chi connectivity index (χ0v) is 18.2. The molecule has 0 saturated carbocycles.